The first-order valence-electron chi connectivity index (χ1n) is 11.7. The van der Waals surface area contributed by atoms with Gasteiger partial charge in [-0.05, 0) is 62.6 Å². The summed E-state index contributed by atoms with van der Waals surface area (Å²) < 4.78 is 40.1. The number of nitriles is 1. The third-order valence-corrected chi connectivity index (χ3v) is 6.79. The van der Waals surface area contributed by atoms with Crippen LogP contribution in [0.15, 0.2) is 53.7 Å². The summed E-state index contributed by atoms with van der Waals surface area (Å²) in [7, 11) is 1.44. The predicted octanol–water partition coefficient (Wildman–Crippen LogP) is 5.29. The fourth-order valence-corrected chi connectivity index (χ4v) is 5.00. The molecule has 0 saturated carbocycles. The van der Waals surface area contributed by atoms with Gasteiger partial charge in [0.1, 0.15) is 0 Å². The molecular weight excluding hydrogens is 485 g/mol. The Morgan fingerprint density at radius 3 is 2.35 bits per heavy atom. The van der Waals surface area contributed by atoms with Gasteiger partial charge in [-0.3, -0.25) is 14.5 Å². The number of halogens is 3. The van der Waals surface area contributed by atoms with Crippen LogP contribution in [0, 0.1) is 11.3 Å². The number of hydrogen-bond acceptors (Lipinski definition) is 4. The predicted molar refractivity (Wildman–Crippen MR) is 129 cm³/mol. The van der Waals surface area contributed by atoms with E-state index in [1.165, 1.54) is 50.1 Å². The van der Waals surface area contributed by atoms with Gasteiger partial charge in [0.15, 0.2) is 5.78 Å². The lowest BCUT2D eigenvalue weighted by Crippen LogP contribution is -2.49. The Kier molecular flexibility index (Phi) is 6.82. The maximum atomic E-state index is 13.6. The summed E-state index contributed by atoms with van der Waals surface area (Å²) in [6.07, 6.45) is -2.91. The molecule has 2 aromatic carbocycles. The molecule has 2 aliphatic heterocycles. The van der Waals surface area contributed by atoms with Gasteiger partial charge in [-0.2, -0.15) is 18.4 Å². The minimum absolute atomic E-state index is 0.0328. The number of carbonyl (C=O) groups is 3. The van der Waals surface area contributed by atoms with Crippen LogP contribution in [0.3, 0.4) is 0 Å². The standard InChI is InChI=1S/C27H25F3N4O3/c1-16-23(17(2)35)24(21-10-9-18(15-31)13-22(21)25(36)33-11-4-5-12-33)32(3)26(37)34(16)20-8-6-7-19(14-20)27(28,29)30/h6-10,13-14,24H,4-5,11-12H2,1-3H3. The monoisotopic (exact) mass is 510 g/mol. The summed E-state index contributed by atoms with van der Waals surface area (Å²) in [5.74, 6) is -0.700. The van der Waals surface area contributed by atoms with E-state index in [2.05, 4.69) is 0 Å². The Labute approximate surface area is 212 Å². The van der Waals surface area contributed by atoms with Crippen LogP contribution in [0.25, 0.3) is 0 Å². The normalized spacial score (nSPS) is 18.4. The molecule has 1 unspecified atom stereocenters. The molecule has 1 atom stereocenters. The van der Waals surface area contributed by atoms with Gasteiger partial charge in [0.2, 0.25) is 0 Å². The van der Waals surface area contributed by atoms with E-state index in [1.807, 2.05) is 6.07 Å². The number of nitrogens with zero attached hydrogens (tertiary/aromatic N) is 4. The van der Waals surface area contributed by atoms with Crippen LogP contribution in [-0.4, -0.2) is 47.7 Å². The summed E-state index contributed by atoms with van der Waals surface area (Å²) in [5, 5.41) is 9.44. The van der Waals surface area contributed by atoms with Gasteiger partial charge in [-0.15, -0.1) is 0 Å². The largest absolute Gasteiger partial charge is 0.416 e. The van der Waals surface area contributed by atoms with Crippen LogP contribution >= 0.6 is 0 Å². The number of hydrogen-bond donors (Lipinski definition) is 0. The van der Waals surface area contributed by atoms with E-state index in [9.17, 15) is 32.8 Å². The highest BCUT2D eigenvalue weighted by molar-refractivity contribution is 6.06. The second kappa shape index (κ2) is 9.73. The van der Waals surface area contributed by atoms with Crippen molar-refractivity contribution in [1.82, 2.24) is 9.80 Å². The van der Waals surface area contributed by atoms with E-state index in [4.69, 9.17) is 0 Å². The first kappa shape index (κ1) is 25.9. The first-order chi connectivity index (χ1) is 17.5. The number of ketones is 1. The Hall–Kier alpha value is -4.13. The van der Waals surface area contributed by atoms with E-state index in [-0.39, 0.29) is 34.0 Å². The van der Waals surface area contributed by atoms with Gasteiger partial charge in [-0.25, -0.2) is 4.79 Å². The summed E-state index contributed by atoms with van der Waals surface area (Å²) in [5.41, 5.74) is 0.222. The molecule has 1 fully saturated rings. The van der Waals surface area contributed by atoms with Crippen molar-refractivity contribution >= 4 is 23.4 Å². The number of amides is 3. The minimum Gasteiger partial charge on any atom is -0.339 e. The van der Waals surface area contributed by atoms with Crippen LogP contribution in [0.1, 0.15) is 59.8 Å². The molecular formula is C27H25F3N4O3. The molecule has 10 heteroatoms. The maximum absolute atomic E-state index is 13.6. The first-order valence-corrected chi connectivity index (χ1v) is 11.7. The zero-order valence-electron chi connectivity index (χ0n) is 20.6. The number of alkyl halides is 3. The molecule has 37 heavy (non-hydrogen) atoms. The quantitative estimate of drug-likeness (QED) is 0.560. The molecule has 0 aliphatic carbocycles. The summed E-state index contributed by atoms with van der Waals surface area (Å²) in [6.45, 7) is 3.93. The van der Waals surface area contributed by atoms with Gasteiger partial charge >= 0.3 is 12.2 Å². The number of carbonyl (C=O) groups excluding carboxylic acids is 3. The molecule has 0 N–H and O–H groups in total. The van der Waals surface area contributed by atoms with Crippen molar-refractivity contribution in [3.05, 3.63) is 76.0 Å². The van der Waals surface area contributed by atoms with Crippen LogP contribution in [0.5, 0.6) is 0 Å². The van der Waals surface area contributed by atoms with E-state index in [0.29, 0.717) is 18.7 Å². The molecule has 0 spiro atoms. The number of anilines is 1. The molecule has 2 aliphatic rings. The molecule has 192 valence electrons. The zero-order valence-corrected chi connectivity index (χ0v) is 20.6. The molecule has 4 rings (SSSR count). The van der Waals surface area contributed by atoms with E-state index in [0.717, 1.165) is 29.9 Å². The van der Waals surface area contributed by atoms with E-state index < -0.39 is 29.6 Å². The Bertz CT molecular complexity index is 1350. The van der Waals surface area contributed by atoms with Gasteiger partial charge < -0.3 is 9.80 Å². The lowest BCUT2D eigenvalue weighted by molar-refractivity contribution is -0.137. The number of likely N-dealkylation sites (N-methyl/N-ethyl adjacent to an activating group) is 1. The number of rotatable bonds is 4. The Morgan fingerprint density at radius 2 is 1.76 bits per heavy atom. The van der Waals surface area contributed by atoms with Crippen molar-refractivity contribution < 1.29 is 27.6 Å². The van der Waals surface area contributed by atoms with Crippen molar-refractivity contribution in [1.29, 1.82) is 5.26 Å². The highest BCUT2D eigenvalue weighted by Gasteiger charge is 2.42. The van der Waals surface area contributed by atoms with Crippen LogP contribution in [0.4, 0.5) is 23.7 Å². The second-order valence-electron chi connectivity index (χ2n) is 9.15. The number of urea groups is 1. The molecule has 1 saturated heterocycles. The van der Waals surface area contributed by atoms with E-state index in [1.54, 1.807) is 11.0 Å². The van der Waals surface area contributed by atoms with Gasteiger partial charge in [0.05, 0.1) is 28.9 Å². The molecule has 0 radical (unpaired) electrons. The Morgan fingerprint density at radius 1 is 1.08 bits per heavy atom. The fourth-order valence-electron chi connectivity index (χ4n) is 5.00. The summed E-state index contributed by atoms with van der Waals surface area (Å²) in [6, 6.07) is 9.26. The highest BCUT2D eigenvalue weighted by atomic mass is 19.4. The lowest BCUT2D eigenvalue weighted by Gasteiger charge is -2.42. The van der Waals surface area contributed by atoms with Crippen molar-refractivity contribution in [2.24, 2.45) is 0 Å². The smallest absolute Gasteiger partial charge is 0.339 e. The Balaban J connectivity index is 1.89. The average molecular weight is 511 g/mol. The summed E-state index contributed by atoms with van der Waals surface area (Å²) >= 11 is 0. The SMILES string of the molecule is CC(=O)C1=C(C)N(c2cccc(C(F)(F)F)c2)C(=O)N(C)C1c1ccc(C#N)cc1C(=O)N1CCCC1. The third-order valence-electron chi connectivity index (χ3n) is 6.79. The molecule has 0 bridgehead atoms. The topological polar surface area (TPSA) is 84.7 Å². The van der Waals surface area contributed by atoms with E-state index >= 15 is 0 Å². The maximum Gasteiger partial charge on any atom is 0.416 e. The number of benzene rings is 2. The van der Waals surface area contributed by atoms with Crippen LogP contribution < -0.4 is 4.90 Å². The van der Waals surface area contributed by atoms with Crippen molar-refractivity contribution in [3.63, 3.8) is 0 Å². The lowest BCUT2D eigenvalue weighted by atomic mass is 9.87. The molecule has 2 aromatic rings. The number of allylic oxidation sites excluding steroid dienone is 1. The van der Waals surface area contributed by atoms with Gasteiger partial charge in [0.25, 0.3) is 5.91 Å². The number of likely N-dealkylation sites (tertiary alicyclic amines) is 1. The fraction of sp³-hybridized carbons (Fsp3) is 0.333. The minimum atomic E-state index is -4.61. The highest BCUT2D eigenvalue weighted by Crippen LogP contribution is 2.41. The molecule has 7 nitrogen and oxygen atoms in total. The molecule has 2 heterocycles. The second-order valence-corrected chi connectivity index (χ2v) is 9.15. The molecule has 3 amide bonds. The zero-order chi connectivity index (χ0) is 27.1. The van der Waals surface area contributed by atoms with Crippen molar-refractivity contribution in [2.75, 3.05) is 25.0 Å². The number of Topliss-reactive ketones (excluding diaryl/α,β-unsaturated/α-hetero) is 1. The van der Waals surface area contributed by atoms with Gasteiger partial charge in [0, 0.05) is 37.0 Å². The molecule has 0 aromatic heterocycles. The van der Waals surface area contributed by atoms with Crippen LogP contribution in [0.2, 0.25) is 0 Å². The van der Waals surface area contributed by atoms with Crippen molar-refractivity contribution in [2.45, 2.75) is 38.9 Å². The van der Waals surface area contributed by atoms with Crippen LogP contribution in [-0.2, 0) is 11.0 Å². The van der Waals surface area contributed by atoms with Crippen molar-refractivity contribution in [3.8, 4) is 6.07 Å². The summed E-state index contributed by atoms with van der Waals surface area (Å²) in [4.78, 5) is 44.0. The third kappa shape index (κ3) is 4.69. The van der Waals surface area contributed by atoms with Gasteiger partial charge in [-0.1, -0.05) is 12.1 Å². The average Bonchev–Trinajstić information content (AvgIpc) is 3.40.